The third-order valence-electron chi connectivity index (χ3n) is 2.37. The number of nitrogens with zero attached hydrogens (tertiary/aromatic N) is 1. The van der Waals surface area contributed by atoms with Crippen molar-refractivity contribution in [2.24, 2.45) is 0 Å². The number of nitrogens with one attached hydrogen (secondary N) is 2. The largest absolute Gasteiger partial charge is 0.372 e. The van der Waals surface area contributed by atoms with E-state index in [1.165, 1.54) is 12.1 Å². The maximum absolute atomic E-state index is 13.5. The van der Waals surface area contributed by atoms with Crippen LogP contribution in [-0.4, -0.2) is 12.0 Å². The van der Waals surface area contributed by atoms with Crippen molar-refractivity contribution in [3.63, 3.8) is 0 Å². The van der Waals surface area contributed by atoms with Crippen LogP contribution >= 0.6 is 23.2 Å². The molecule has 0 bridgehead atoms. The minimum Gasteiger partial charge on any atom is -0.372 e. The molecule has 2 aromatic rings. The second kappa shape index (κ2) is 5.59. The highest BCUT2D eigenvalue weighted by Crippen LogP contribution is 2.32. The van der Waals surface area contributed by atoms with Gasteiger partial charge in [-0.3, -0.25) is 0 Å². The molecule has 0 saturated carbocycles. The van der Waals surface area contributed by atoms with Crippen LogP contribution in [0.25, 0.3) is 0 Å². The molecule has 1 aromatic heterocycles. The molecule has 0 radical (unpaired) electrons. The fourth-order valence-electron chi connectivity index (χ4n) is 1.47. The Balaban J connectivity index is 2.44. The lowest BCUT2D eigenvalue weighted by molar-refractivity contribution is 0.590. The van der Waals surface area contributed by atoms with Crippen LogP contribution in [0.2, 0.25) is 10.0 Å². The van der Waals surface area contributed by atoms with Crippen LogP contribution in [0.4, 0.5) is 26.1 Å². The first-order valence-electron chi connectivity index (χ1n) is 5.27. The molecule has 0 fully saturated rings. The Morgan fingerprint density at radius 3 is 2.21 bits per heavy atom. The van der Waals surface area contributed by atoms with Crippen LogP contribution in [-0.2, 0) is 0 Å². The first kappa shape index (κ1) is 13.8. The van der Waals surface area contributed by atoms with E-state index in [2.05, 4.69) is 15.6 Å². The second-order valence-electron chi connectivity index (χ2n) is 3.62. The van der Waals surface area contributed by atoms with Gasteiger partial charge in [0.15, 0.2) is 5.82 Å². The van der Waals surface area contributed by atoms with Crippen LogP contribution in [0.5, 0.6) is 0 Å². The lowest BCUT2D eigenvalue weighted by atomic mass is 10.3. The van der Waals surface area contributed by atoms with Crippen molar-refractivity contribution >= 4 is 40.5 Å². The first-order valence-corrected chi connectivity index (χ1v) is 6.03. The maximum Gasteiger partial charge on any atom is 0.151 e. The molecule has 0 amide bonds. The number of anilines is 3. The van der Waals surface area contributed by atoms with Gasteiger partial charge in [0.05, 0.1) is 10.0 Å². The average Bonchev–Trinajstić information content (AvgIpc) is 2.36. The molecular formula is C12H9Cl2F2N3. The van der Waals surface area contributed by atoms with E-state index >= 15 is 0 Å². The van der Waals surface area contributed by atoms with E-state index in [1.54, 1.807) is 7.05 Å². The van der Waals surface area contributed by atoms with Gasteiger partial charge in [-0.25, -0.2) is 13.8 Å². The number of benzene rings is 1. The highest BCUT2D eigenvalue weighted by atomic mass is 35.5. The van der Waals surface area contributed by atoms with Gasteiger partial charge in [0.1, 0.15) is 23.1 Å². The van der Waals surface area contributed by atoms with Crippen molar-refractivity contribution in [3.8, 4) is 0 Å². The molecule has 0 unspecified atom stereocenters. The number of halogens is 4. The zero-order valence-electron chi connectivity index (χ0n) is 9.77. The Morgan fingerprint density at radius 2 is 1.63 bits per heavy atom. The standard InChI is InChI=1S/C12H9Cl2F2N3/c1-17-11-6(13)5-7(14)12(19-11)18-10-8(15)3-2-4-9(10)16/h2-5H,1H3,(H2,17,18,19). The Labute approximate surface area is 118 Å². The number of hydrogen-bond donors (Lipinski definition) is 2. The first-order chi connectivity index (χ1) is 9.02. The molecule has 2 rings (SSSR count). The van der Waals surface area contributed by atoms with Crippen molar-refractivity contribution in [1.82, 2.24) is 4.98 Å². The van der Waals surface area contributed by atoms with E-state index in [0.717, 1.165) is 12.1 Å². The summed E-state index contributed by atoms with van der Waals surface area (Å²) in [6, 6.07) is 4.97. The smallest absolute Gasteiger partial charge is 0.151 e. The van der Waals surface area contributed by atoms with E-state index < -0.39 is 11.6 Å². The monoisotopic (exact) mass is 303 g/mol. The molecule has 0 spiro atoms. The summed E-state index contributed by atoms with van der Waals surface area (Å²) in [7, 11) is 1.62. The van der Waals surface area contributed by atoms with Gasteiger partial charge >= 0.3 is 0 Å². The quantitative estimate of drug-likeness (QED) is 0.879. The minimum absolute atomic E-state index is 0.111. The molecule has 1 aromatic carbocycles. The van der Waals surface area contributed by atoms with Crippen molar-refractivity contribution in [2.45, 2.75) is 0 Å². The van der Waals surface area contributed by atoms with Crippen LogP contribution in [0.15, 0.2) is 24.3 Å². The molecular weight excluding hydrogens is 295 g/mol. The number of aromatic nitrogens is 1. The summed E-state index contributed by atoms with van der Waals surface area (Å²) in [6.45, 7) is 0. The summed E-state index contributed by atoms with van der Waals surface area (Å²) in [4.78, 5) is 4.05. The van der Waals surface area contributed by atoms with E-state index in [1.807, 2.05) is 0 Å². The second-order valence-corrected chi connectivity index (χ2v) is 4.44. The van der Waals surface area contributed by atoms with Gasteiger partial charge in [0.2, 0.25) is 0 Å². The zero-order valence-corrected chi connectivity index (χ0v) is 11.3. The highest BCUT2D eigenvalue weighted by molar-refractivity contribution is 6.37. The molecule has 1 heterocycles. The van der Waals surface area contributed by atoms with Gasteiger partial charge in [0.25, 0.3) is 0 Å². The fraction of sp³-hybridized carbons (Fsp3) is 0.0833. The summed E-state index contributed by atoms with van der Waals surface area (Å²) in [5, 5.41) is 5.74. The molecule has 0 aliphatic heterocycles. The molecule has 7 heteroatoms. The number of rotatable bonds is 3. The van der Waals surface area contributed by atoms with E-state index in [9.17, 15) is 8.78 Å². The molecule has 2 N–H and O–H groups in total. The van der Waals surface area contributed by atoms with Crippen LogP contribution in [0.3, 0.4) is 0 Å². The SMILES string of the molecule is CNc1nc(Nc2c(F)cccc2F)c(Cl)cc1Cl. The van der Waals surface area contributed by atoms with Gasteiger partial charge in [-0.15, -0.1) is 0 Å². The zero-order chi connectivity index (χ0) is 14.0. The lowest BCUT2D eigenvalue weighted by Gasteiger charge is -2.11. The summed E-state index contributed by atoms with van der Waals surface area (Å²) in [5.74, 6) is -1.01. The molecule has 19 heavy (non-hydrogen) atoms. The van der Waals surface area contributed by atoms with Crippen molar-refractivity contribution in [3.05, 3.63) is 45.9 Å². The number of hydrogen-bond acceptors (Lipinski definition) is 3. The van der Waals surface area contributed by atoms with E-state index in [0.29, 0.717) is 10.8 Å². The Hall–Kier alpha value is -1.59. The summed E-state index contributed by atoms with van der Waals surface area (Å²) >= 11 is 11.8. The number of pyridine rings is 1. The Kier molecular flexibility index (Phi) is 4.07. The van der Waals surface area contributed by atoms with Gasteiger partial charge < -0.3 is 10.6 Å². The average molecular weight is 304 g/mol. The van der Waals surface area contributed by atoms with E-state index in [-0.39, 0.29) is 16.5 Å². The summed E-state index contributed by atoms with van der Waals surface area (Å²) in [5.41, 5.74) is -0.318. The van der Waals surface area contributed by atoms with Gasteiger partial charge in [-0.05, 0) is 18.2 Å². The van der Waals surface area contributed by atoms with Gasteiger partial charge in [-0.2, -0.15) is 0 Å². The van der Waals surface area contributed by atoms with Crippen molar-refractivity contribution in [2.75, 3.05) is 17.7 Å². The third kappa shape index (κ3) is 2.88. The van der Waals surface area contributed by atoms with Crippen LogP contribution in [0.1, 0.15) is 0 Å². The molecule has 0 saturated heterocycles. The highest BCUT2D eigenvalue weighted by Gasteiger charge is 2.13. The Morgan fingerprint density at radius 1 is 1.05 bits per heavy atom. The topological polar surface area (TPSA) is 37.0 Å². The van der Waals surface area contributed by atoms with Crippen molar-refractivity contribution < 1.29 is 8.78 Å². The number of para-hydroxylation sites is 1. The van der Waals surface area contributed by atoms with Crippen LogP contribution in [0, 0.1) is 11.6 Å². The molecule has 3 nitrogen and oxygen atoms in total. The maximum atomic E-state index is 13.5. The predicted molar refractivity (Wildman–Crippen MR) is 73.4 cm³/mol. The molecule has 0 aliphatic carbocycles. The molecule has 0 atom stereocenters. The molecule has 0 aliphatic rings. The van der Waals surface area contributed by atoms with E-state index in [4.69, 9.17) is 23.2 Å². The Bertz CT molecular complexity index is 600. The van der Waals surface area contributed by atoms with Gasteiger partial charge in [0, 0.05) is 7.05 Å². The lowest BCUT2D eigenvalue weighted by Crippen LogP contribution is -2.02. The van der Waals surface area contributed by atoms with Gasteiger partial charge in [-0.1, -0.05) is 29.3 Å². The fourth-order valence-corrected chi connectivity index (χ4v) is 1.97. The van der Waals surface area contributed by atoms with Crippen LogP contribution < -0.4 is 10.6 Å². The molecule has 100 valence electrons. The predicted octanol–water partition coefficient (Wildman–Crippen LogP) is 4.45. The minimum atomic E-state index is -0.737. The van der Waals surface area contributed by atoms with Crippen molar-refractivity contribution in [1.29, 1.82) is 0 Å². The summed E-state index contributed by atoms with van der Waals surface area (Å²) in [6.07, 6.45) is 0. The third-order valence-corrected chi connectivity index (χ3v) is 2.95. The normalized spacial score (nSPS) is 10.4. The summed E-state index contributed by atoms with van der Waals surface area (Å²) < 4.78 is 27.0.